The summed E-state index contributed by atoms with van der Waals surface area (Å²) in [6.07, 6.45) is -10.4. The second-order valence-electron chi connectivity index (χ2n) is 5.39. The van der Waals surface area contributed by atoms with E-state index in [9.17, 15) is 34.8 Å². The average molecular weight is 429 g/mol. The minimum Gasteiger partial charge on any atom is -0.493 e. The summed E-state index contributed by atoms with van der Waals surface area (Å²) in [5.74, 6) is -0.000631. The number of alkyl halides is 6. The van der Waals surface area contributed by atoms with Gasteiger partial charge in [-0.3, -0.25) is 4.72 Å². The highest BCUT2D eigenvalue weighted by molar-refractivity contribution is 7.92. The van der Waals surface area contributed by atoms with Crippen LogP contribution in [0.2, 0.25) is 0 Å². The molecule has 28 heavy (non-hydrogen) atoms. The predicted molar refractivity (Wildman–Crippen MR) is 86.8 cm³/mol. The number of hydrogen-bond donors (Lipinski definition) is 1. The first-order valence-corrected chi connectivity index (χ1v) is 8.81. The highest BCUT2D eigenvalue weighted by atomic mass is 32.2. The summed E-state index contributed by atoms with van der Waals surface area (Å²) in [5.41, 5.74) is -3.73. The second kappa shape index (κ2) is 7.41. The number of sulfonamides is 1. The molecular weight excluding hydrogens is 416 g/mol. The van der Waals surface area contributed by atoms with Crippen LogP contribution in [0.5, 0.6) is 11.5 Å². The van der Waals surface area contributed by atoms with E-state index in [1.54, 1.807) is 0 Å². The molecule has 0 aliphatic carbocycles. The average Bonchev–Trinajstić information content (AvgIpc) is 2.59. The highest BCUT2D eigenvalue weighted by Crippen LogP contribution is 2.39. The summed E-state index contributed by atoms with van der Waals surface area (Å²) >= 11 is 0. The molecule has 0 radical (unpaired) electrons. The minimum absolute atomic E-state index is 0.0997. The largest absolute Gasteiger partial charge is 0.493 e. The SMILES string of the molecule is COc1cccc(NS(=O)(=O)c2cc(C(F)(F)F)cc(C(F)(F)F)c2)c1OC. The Morgan fingerprint density at radius 3 is 1.82 bits per heavy atom. The van der Waals surface area contributed by atoms with E-state index in [-0.39, 0.29) is 35.4 Å². The molecule has 2 aromatic carbocycles. The van der Waals surface area contributed by atoms with Gasteiger partial charge in [0.2, 0.25) is 0 Å². The van der Waals surface area contributed by atoms with Gasteiger partial charge in [-0.15, -0.1) is 0 Å². The number of halogens is 6. The van der Waals surface area contributed by atoms with Gasteiger partial charge in [0.05, 0.1) is 35.9 Å². The van der Waals surface area contributed by atoms with Crippen molar-refractivity contribution in [2.75, 3.05) is 18.9 Å². The van der Waals surface area contributed by atoms with Gasteiger partial charge in [-0.1, -0.05) is 6.07 Å². The smallest absolute Gasteiger partial charge is 0.416 e. The second-order valence-corrected chi connectivity index (χ2v) is 7.07. The standard InChI is InChI=1S/C16H13F6NO4S/c1-26-13-5-3-4-12(14(13)27-2)23-28(24,25)11-7-9(15(17,18)19)6-10(8-11)16(20,21)22/h3-8,23H,1-2H3. The Morgan fingerprint density at radius 2 is 1.39 bits per heavy atom. The molecule has 0 saturated heterocycles. The zero-order valence-corrected chi connectivity index (χ0v) is 15.1. The van der Waals surface area contributed by atoms with Crippen LogP contribution < -0.4 is 14.2 Å². The first kappa shape index (κ1) is 21.7. The van der Waals surface area contributed by atoms with Gasteiger partial charge in [0.1, 0.15) is 0 Å². The van der Waals surface area contributed by atoms with E-state index in [4.69, 9.17) is 9.47 Å². The van der Waals surface area contributed by atoms with Crippen LogP contribution in [0, 0.1) is 0 Å². The van der Waals surface area contributed by atoms with Crippen molar-refractivity contribution in [2.45, 2.75) is 17.2 Å². The Hall–Kier alpha value is -2.63. The first-order chi connectivity index (χ1) is 12.8. The molecule has 2 aromatic rings. The normalized spacial score (nSPS) is 12.6. The Morgan fingerprint density at radius 1 is 0.857 bits per heavy atom. The van der Waals surface area contributed by atoms with Crippen LogP contribution in [0.25, 0.3) is 0 Å². The van der Waals surface area contributed by atoms with Crippen molar-refractivity contribution in [3.05, 3.63) is 47.5 Å². The molecule has 0 unspecified atom stereocenters. The number of ether oxygens (including phenoxy) is 2. The van der Waals surface area contributed by atoms with Gasteiger partial charge < -0.3 is 9.47 Å². The Kier molecular flexibility index (Phi) is 5.74. The van der Waals surface area contributed by atoms with E-state index in [2.05, 4.69) is 0 Å². The van der Waals surface area contributed by atoms with Gasteiger partial charge in [0.15, 0.2) is 11.5 Å². The van der Waals surface area contributed by atoms with Crippen LogP contribution in [0.15, 0.2) is 41.3 Å². The van der Waals surface area contributed by atoms with Crippen molar-refractivity contribution in [3.63, 3.8) is 0 Å². The fourth-order valence-electron chi connectivity index (χ4n) is 2.25. The van der Waals surface area contributed by atoms with Crippen LogP contribution in [0.3, 0.4) is 0 Å². The van der Waals surface area contributed by atoms with Gasteiger partial charge in [0, 0.05) is 0 Å². The lowest BCUT2D eigenvalue weighted by atomic mass is 10.1. The third kappa shape index (κ3) is 4.61. The number of rotatable bonds is 5. The van der Waals surface area contributed by atoms with E-state index in [0.717, 1.165) is 0 Å². The quantitative estimate of drug-likeness (QED) is 0.709. The molecule has 1 N–H and O–H groups in total. The van der Waals surface area contributed by atoms with Gasteiger partial charge in [-0.05, 0) is 30.3 Å². The van der Waals surface area contributed by atoms with E-state index < -0.39 is 38.4 Å². The summed E-state index contributed by atoms with van der Waals surface area (Å²) in [5, 5.41) is 0. The van der Waals surface area contributed by atoms with Crippen LogP contribution in [0.4, 0.5) is 32.0 Å². The topological polar surface area (TPSA) is 64.6 Å². The van der Waals surface area contributed by atoms with E-state index in [1.807, 2.05) is 4.72 Å². The molecule has 0 amide bonds. The molecule has 0 atom stereocenters. The number of anilines is 1. The summed E-state index contributed by atoms with van der Waals surface area (Å²) in [4.78, 5) is -1.21. The van der Waals surface area contributed by atoms with Crippen LogP contribution >= 0.6 is 0 Å². The maximum absolute atomic E-state index is 12.9. The maximum atomic E-state index is 12.9. The molecule has 5 nitrogen and oxygen atoms in total. The van der Waals surface area contributed by atoms with Gasteiger partial charge in [-0.25, -0.2) is 8.42 Å². The summed E-state index contributed by atoms with van der Waals surface area (Å²) in [6.45, 7) is 0. The number of hydrogen-bond acceptors (Lipinski definition) is 4. The molecule has 0 fully saturated rings. The van der Waals surface area contributed by atoms with E-state index >= 15 is 0 Å². The summed E-state index contributed by atoms with van der Waals surface area (Å²) in [6, 6.07) is 4.05. The molecule has 0 aromatic heterocycles. The van der Waals surface area contributed by atoms with Crippen molar-refractivity contribution in [1.82, 2.24) is 0 Å². The maximum Gasteiger partial charge on any atom is 0.416 e. The molecule has 0 bridgehead atoms. The van der Waals surface area contributed by atoms with Crippen molar-refractivity contribution >= 4 is 15.7 Å². The molecule has 0 spiro atoms. The highest BCUT2D eigenvalue weighted by Gasteiger charge is 2.38. The van der Waals surface area contributed by atoms with Gasteiger partial charge >= 0.3 is 12.4 Å². The first-order valence-electron chi connectivity index (χ1n) is 7.33. The molecule has 154 valence electrons. The zero-order chi connectivity index (χ0) is 21.3. The van der Waals surface area contributed by atoms with Crippen molar-refractivity contribution in [3.8, 4) is 11.5 Å². The van der Waals surface area contributed by atoms with Crippen molar-refractivity contribution in [2.24, 2.45) is 0 Å². The van der Waals surface area contributed by atoms with Gasteiger partial charge in [-0.2, -0.15) is 26.3 Å². The van der Waals surface area contributed by atoms with Gasteiger partial charge in [0.25, 0.3) is 10.0 Å². The summed E-state index contributed by atoms with van der Waals surface area (Å²) in [7, 11) is -2.38. The lowest BCUT2D eigenvalue weighted by Crippen LogP contribution is -2.18. The molecule has 2 rings (SSSR count). The lowest BCUT2D eigenvalue weighted by Gasteiger charge is -2.17. The minimum atomic E-state index is -5.18. The molecule has 0 saturated carbocycles. The number of benzene rings is 2. The third-order valence-electron chi connectivity index (χ3n) is 3.52. The molecule has 0 heterocycles. The van der Waals surface area contributed by atoms with Crippen LogP contribution in [-0.4, -0.2) is 22.6 Å². The number of para-hydroxylation sites is 1. The zero-order valence-electron chi connectivity index (χ0n) is 14.3. The number of methoxy groups -OCH3 is 2. The monoisotopic (exact) mass is 429 g/mol. The number of nitrogens with one attached hydrogen (secondary N) is 1. The van der Waals surface area contributed by atoms with Crippen LogP contribution in [0.1, 0.15) is 11.1 Å². The van der Waals surface area contributed by atoms with Crippen LogP contribution in [-0.2, 0) is 22.4 Å². The van der Waals surface area contributed by atoms with Crippen molar-refractivity contribution < 1.29 is 44.2 Å². The Bertz CT molecular complexity index is 938. The third-order valence-corrected chi connectivity index (χ3v) is 4.86. The fourth-order valence-corrected chi connectivity index (χ4v) is 3.39. The Labute approximate surface area is 155 Å². The Balaban J connectivity index is 2.60. The lowest BCUT2D eigenvalue weighted by molar-refractivity contribution is -0.143. The molecule has 12 heteroatoms. The summed E-state index contributed by atoms with van der Waals surface area (Å²) < 4.78 is 115. The van der Waals surface area contributed by atoms with E-state index in [0.29, 0.717) is 0 Å². The fraction of sp³-hybridized carbons (Fsp3) is 0.250. The van der Waals surface area contributed by atoms with Crippen molar-refractivity contribution in [1.29, 1.82) is 0 Å². The van der Waals surface area contributed by atoms with E-state index in [1.165, 1.54) is 32.4 Å². The molecule has 0 aliphatic rings. The molecule has 0 aliphatic heterocycles. The predicted octanol–water partition coefficient (Wildman–Crippen LogP) is 4.54. The molecular formula is C16H13F6NO4S.